The second-order valence-corrected chi connectivity index (χ2v) is 4.12. The lowest BCUT2D eigenvalue weighted by molar-refractivity contribution is -0.120. The molecule has 0 saturated carbocycles. The molecule has 0 radical (unpaired) electrons. The van der Waals surface area contributed by atoms with Crippen LogP contribution in [-0.2, 0) is 14.3 Å². The van der Waals surface area contributed by atoms with Gasteiger partial charge in [-0.1, -0.05) is 13.0 Å². The van der Waals surface area contributed by atoms with Crippen LogP contribution in [0.2, 0.25) is 0 Å². The van der Waals surface area contributed by atoms with Gasteiger partial charge in [-0.25, -0.2) is 0 Å². The maximum absolute atomic E-state index is 11.5. The number of amides is 2. The van der Waals surface area contributed by atoms with Gasteiger partial charge in [0, 0.05) is 24.4 Å². The molecule has 0 aliphatic carbocycles. The number of ether oxygens (including phenoxy) is 1. The van der Waals surface area contributed by atoms with Crippen LogP contribution in [0.1, 0.15) is 25.8 Å². The van der Waals surface area contributed by atoms with Gasteiger partial charge in [0.25, 0.3) is 0 Å². The van der Waals surface area contributed by atoms with Gasteiger partial charge in [0.15, 0.2) is 0 Å². The van der Waals surface area contributed by atoms with Crippen molar-refractivity contribution in [2.45, 2.75) is 27.2 Å². The minimum absolute atomic E-state index is 0.0288. The summed E-state index contributed by atoms with van der Waals surface area (Å²) in [5, 5.41) is 5.52. The molecule has 0 aliphatic rings. The van der Waals surface area contributed by atoms with Crippen molar-refractivity contribution in [3.05, 3.63) is 23.8 Å². The predicted octanol–water partition coefficient (Wildman–Crippen LogP) is 2.32. The van der Waals surface area contributed by atoms with E-state index in [1.807, 2.05) is 19.9 Å². The van der Waals surface area contributed by atoms with E-state index < -0.39 is 0 Å². The lowest BCUT2D eigenvalue weighted by atomic mass is 10.1. The molecule has 0 bridgehead atoms. The Morgan fingerprint density at radius 2 is 1.89 bits per heavy atom. The number of benzene rings is 1. The Hall–Kier alpha value is -1.88. The van der Waals surface area contributed by atoms with E-state index in [0.29, 0.717) is 24.4 Å². The summed E-state index contributed by atoms with van der Waals surface area (Å²) in [5.41, 5.74) is 2.30. The van der Waals surface area contributed by atoms with Crippen LogP contribution < -0.4 is 10.6 Å². The SMILES string of the molecule is CCOCC(=O)Nc1ccc(C)c(NC(=O)CC)c1. The lowest BCUT2D eigenvalue weighted by Gasteiger charge is -2.11. The monoisotopic (exact) mass is 264 g/mol. The van der Waals surface area contributed by atoms with Crippen LogP contribution >= 0.6 is 0 Å². The first-order chi connectivity index (χ1) is 9.06. The minimum Gasteiger partial charge on any atom is -0.372 e. The molecular weight excluding hydrogens is 244 g/mol. The number of carbonyl (C=O) groups is 2. The van der Waals surface area contributed by atoms with E-state index in [9.17, 15) is 9.59 Å². The third kappa shape index (κ3) is 5.09. The van der Waals surface area contributed by atoms with Gasteiger partial charge in [-0.05, 0) is 31.5 Å². The largest absolute Gasteiger partial charge is 0.372 e. The van der Waals surface area contributed by atoms with Gasteiger partial charge >= 0.3 is 0 Å². The van der Waals surface area contributed by atoms with E-state index >= 15 is 0 Å². The van der Waals surface area contributed by atoms with Crippen molar-refractivity contribution in [1.82, 2.24) is 0 Å². The summed E-state index contributed by atoms with van der Waals surface area (Å²) < 4.78 is 5.02. The summed E-state index contributed by atoms with van der Waals surface area (Å²) in [4.78, 5) is 22.9. The lowest BCUT2D eigenvalue weighted by Crippen LogP contribution is -2.18. The molecule has 0 fully saturated rings. The average molecular weight is 264 g/mol. The predicted molar refractivity (Wildman–Crippen MR) is 75.2 cm³/mol. The molecule has 0 unspecified atom stereocenters. The van der Waals surface area contributed by atoms with Gasteiger partial charge in [-0.15, -0.1) is 0 Å². The van der Waals surface area contributed by atoms with Gasteiger partial charge in [0.05, 0.1) is 0 Å². The standard InChI is InChI=1S/C14H20N2O3/c1-4-13(17)16-12-8-11(7-6-10(12)3)15-14(18)9-19-5-2/h6-8H,4-5,9H2,1-3H3,(H,15,18)(H,16,17). The first kappa shape index (κ1) is 15.2. The second kappa shape index (κ2) is 7.53. The van der Waals surface area contributed by atoms with Crippen molar-refractivity contribution in [2.24, 2.45) is 0 Å². The van der Waals surface area contributed by atoms with E-state index in [1.54, 1.807) is 19.1 Å². The molecule has 0 saturated heterocycles. The van der Waals surface area contributed by atoms with Crippen molar-refractivity contribution in [3.8, 4) is 0 Å². The van der Waals surface area contributed by atoms with Crippen LogP contribution in [0.4, 0.5) is 11.4 Å². The molecule has 1 aromatic carbocycles. The quantitative estimate of drug-likeness (QED) is 0.828. The number of carbonyl (C=O) groups excluding carboxylic acids is 2. The highest BCUT2D eigenvalue weighted by Crippen LogP contribution is 2.20. The zero-order chi connectivity index (χ0) is 14.3. The molecule has 5 nitrogen and oxygen atoms in total. The molecule has 0 atom stereocenters. The number of hydrogen-bond donors (Lipinski definition) is 2. The smallest absolute Gasteiger partial charge is 0.250 e. The first-order valence-electron chi connectivity index (χ1n) is 6.34. The average Bonchev–Trinajstić information content (AvgIpc) is 2.40. The third-order valence-corrected chi connectivity index (χ3v) is 2.55. The van der Waals surface area contributed by atoms with E-state index in [4.69, 9.17) is 4.74 Å². The summed E-state index contributed by atoms with van der Waals surface area (Å²) in [6.45, 7) is 6.05. The highest BCUT2D eigenvalue weighted by Gasteiger charge is 2.06. The third-order valence-electron chi connectivity index (χ3n) is 2.55. The maximum Gasteiger partial charge on any atom is 0.250 e. The zero-order valence-corrected chi connectivity index (χ0v) is 11.6. The molecule has 104 valence electrons. The first-order valence-corrected chi connectivity index (χ1v) is 6.34. The molecule has 19 heavy (non-hydrogen) atoms. The number of aryl methyl sites for hydroxylation is 1. The van der Waals surface area contributed by atoms with Crippen molar-refractivity contribution in [3.63, 3.8) is 0 Å². The van der Waals surface area contributed by atoms with Crippen LogP contribution in [0.15, 0.2) is 18.2 Å². The minimum atomic E-state index is -0.210. The molecule has 0 heterocycles. The number of nitrogens with one attached hydrogen (secondary N) is 2. The maximum atomic E-state index is 11.5. The highest BCUT2D eigenvalue weighted by atomic mass is 16.5. The summed E-state index contributed by atoms with van der Waals surface area (Å²) >= 11 is 0. The van der Waals surface area contributed by atoms with Crippen molar-refractivity contribution in [2.75, 3.05) is 23.8 Å². The second-order valence-electron chi connectivity index (χ2n) is 4.12. The topological polar surface area (TPSA) is 67.4 Å². The van der Waals surface area contributed by atoms with Crippen LogP contribution in [0.3, 0.4) is 0 Å². The molecule has 1 rings (SSSR count). The van der Waals surface area contributed by atoms with Crippen LogP contribution in [0, 0.1) is 6.92 Å². The van der Waals surface area contributed by atoms with Gasteiger partial charge in [0.2, 0.25) is 11.8 Å². The molecule has 0 aromatic heterocycles. The van der Waals surface area contributed by atoms with E-state index in [0.717, 1.165) is 5.56 Å². The van der Waals surface area contributed by atoms with Crippen molar-refractivity contribution >= 4 is 23.2 Å². The Bertz CT molecular complexity index is 458. The van der Waals surface area contributed by atoms with E-state index in [2.05, 4.69) is 10.6 Å². The fourth-order valence-electron chi connectivity index (χ4n) is 1.46. The Kier molecular flexibility index (Phi) is 6.02. The molecule has 1 aromatic rings. The van der Waals surface area contributed by atoms with Gasteiger partial charge < -0.3 is 15.4 Å². The summed E-state index contributed by atoms with van der Waals surface area (Å²) in [6.07, 6.45) is 0.417. The van der Waals surface area contributed by atoms with Crippen molar-refractivity contribution in [1.29, 1.82) is 0 Å². The highest BCUT2D eigenvalue weighted by molar-refractivity contribution is 5.95. The van der Waals surface area contributed by atoms with Gasteiger partial charge in [-0.2, -0.15) is 0 Å². The van der Waals surface area contributed by atoms with Gasteiger partial charge in [0.1, 0.15) is 6.61 Å². The summed E-state index contributed by atoms with van der Waals surface area (Å²) in [6, 6.07) is 5.38. The summed E-state index contributed by atoms with van der Waals surface area (Å²) in [5.74, 6) is -0.264. The molecule has 5 heteroatoms. The Morgan fingerprint density at radius 3 is 2.53 bits per heavy atom. The number of hydrogen-bond acceptors (Lipinski definition) is 3. The van der Waals surface area contributed by atoms with E-state index in [1.165, 1.54) is 0 Å². The molecule has 0 aliphatic heterocycles. The molecule has 0 spiro atoms. The normalized spacial score (nSPS) is 10.1. The molecule has 2 N–H and O–H groups in total. The fourth-order valence-corrected chi connectivity index (χ4v) is 1.46. The molecular formula is C14H20N2O3. The van der Waals surface area contributed by atoms with Crippen LogP contribution in [-0.4, -0.2) is 25.0 Å². The Balaban J connectivity index is 2.72. The van der Waals surface area contributed by atoms with Crippen LogP contribution in [0.5, 0.6) is 0 Å². The number of anilines is 2. The number of rotatable bonds is 6. The van der Waals surface area contributed by atoms with Crippen molar-refractivity contribution < 1.29 is 14.3 Å². The zero-order valence-electron chi connectivity index (χ0n) is 11.6. The van der Waals surface area contributed by atoms with E-state index in [-0.39, 0.29) is 18.4 Å². The van der Waals surface area contributed by atoms with Crippen LogP contribution in [0.25, 0.3) is 0 Å². The summed E-state index contributed by atoms with van der Waals surface area (Å²) in [7, 11) is 0. The van der Waals surface area contributed by atoms with Gasteiger partial charge in [-0.3, -0.25) is 9.59 Å². The fraction of sp³-hybridized carbons (Fsp3) is 0.429. The Labute approximate surface area is 113 Å². The Morgan fingerprint density at radius 1 is 1.16 bits per heavy atom. The molecule has 2 amide bonds.